The average molecular weight is 278 g/mol. The molecule has 0 saturated heterocycles. The van der Waals surface area contributed by atoms with Crippen LogP contribution in [0.5, 0.6) is 0 Å². The molecule has 0 saturated carbocycles. The Hall–Kier alpha value is -2.14. The van der Waals surface area contributed by atoms with Gasteiger partial charge in [-0.1, -0.05) is 11.6 Å². The third-order valence-electron chi connectivity index (χ3n) is 2.62. The van der Waals surface area contributed by atoms with Crippen LogP contribution >= 0.6 is 11.6 Å². The van der Waals surface area contributed by atoms with Crippen molar-refractivity contribution in [2.75, 3.05) is 7.05 Å². The second-order valence-corrected chi connectivity index (χ2v) is 4.40. The number of hydrogen-bond acceptors (Lipinski definition) is 3. The van der Waals surface area contributed by atoms with E-state index in [0.717, 1.165) is 5.69 Å². The lowest BCUT2D eigenvalue weighted by Crippen LogP contribution is -2.29. The highest BCUT2D eigenvalue weighted by molar-refractivity contribution is 6.30. The summed E-state index contributed by atoms with van der Waals surface area (Å²) >= 11 is 5.82. The maximum absolute atomic E-state index is 11.7. The summed E-state index contributed by atoms with van der Waals surface area (Å²) in [7, 11) is 1.45. The first-order valence-corrected chi connectivity index (χ1v) is 5.99. The summed E-state index contributed by atoms with van der Waals surface area (Å²) in [5.41, 5.74) is 0.831. The first-order valence-electron chi connectivity index (χ1n) is 5.62. The Balaban J connectivity index is 2.60. The molecule has 0 atom stereocenters. The molecule has 0 aliphatic heterocycles. The van der Waals surface area contributed by atoms with Crippen molar-refractivity contribution in [3.63, 3.8) is 0 Å². The topological polar surface area (TPSA) is 64.0 Å². The number of nitrogens with one attached hydrogen (secondary N) is 1. The molecule has 0 unspecified atom stereocenters. The molecule has 1 N–H and O–H groups in total. The predicted octanol–water partition coefficient (Wildman–Crippen LogP) is 1.55. The molecular weight excluding hydrogens is 266 g/mol. The van der Waals surface area contributed by atoms with Crippen molar-refractivity contribution in [2.45, 2.75) is 6.92 Å². The van der Waals surface area contributed by atoms with Crippen molar-refractivity contribution in [1.29, 1.82) is 0 Å². The summed E-state index contributed by atoms with van der Waals surface area (Å²) < 4.78 is 1.53. The zero-order valence-corrected chi connectivity index (χ0v) is 11.2. The largest absolute Gasteiger partial charge is 0.354 e. The fourth-order valence-electron chi connectivity index (χ4n) is 1.67. The quantitative estimate of drug-likeness (QED) is 0.906. The lowest BCUT2D eigenvalue weighted by Gasteiger charge is -2.10. The highest BCUT2D eigenvalue weighted by Gasteiger charge is 2.13. The molecule has 0 spiro atoms. The third-order valence-corrected chi connectivity index (χ3v) is 2.87. The lowest BCUT2D eigenvalue weighted by atomic mass is 10.2. The molecule has 6 heteroatoms. The first-order chi connectivity index (χ1) is 9.02. The summed E-state index contributed by atoms with van der Waals surface area (Å²) in [6, 6.07) is 8.35. The number of carbonyl (C=O) groups excluding carboxylic acids is 1. The van der Waals surface area contributed by atoms with E-state index in [1.54, 1.807) is 31.2 Å². The fraction of sp³-hybridized carbons (Fsp3) is 0.154. The van der Waals surface area contributed by atoms with Crippen molar-refractivity contribution >= 4 is 17.5 Å². The van der Waals surface area contributed by atoms with Gasteiger partial charge in [0.05, 0.1) is 5.69 Å². The average Bonchev–Trinajstić information content (AvgIpc) is 2.39. The van der Waals surface area contributed by atoms with Gasteiger partial charge < -0.3 is 5.32 Å². The molecule has 0 aliphatic carbocycles. The lowest BCUT2D eigenvalue weighted by molar-refractivity contribution is 0.0955. The van der Waals surface area contributed by atoms with Crippen LogP contribution in [0.4, 0.5) is 0 Å². The van der Waals surface area contributed by atoms with Gasteiger partial charge >= 0.3 is 0 Å². The summed E-state index contributed by atoms with van der Waals surface area (Å²) in [5.74, 6) is -0.507. The van der Waals surface area contributed by atoms with E-state index in [-0.39, 0.29) is 5.69 Å². The summed E-state index contributed by atoms with van der Waals surface area (Å²) in [4.78, 5) is 23.3. The maximum atomic E-state index is 11.7. The number of amides is 1. The number of nitrogens with zero attached hydrogens (tertiary/aromatic N) is 2. The van der Waals surface area contributed by atoms with Crippen LogP contribution in [0.2, 0.25) is 5.02 Å². The minimum Gasteiger partial charge on any atom is -0.354 e. The number of hydrogen-bond donors (Lipinski definition) is 1. The van der Waals surface area contributed by atoms with E-state index in [9.17, 15) is 9.59 Å². The van der Waals surface area contributed by atoms with E-state index < -0.39 is 11.3 Å². The molecule has 2 aromatic rings. The van der Waals surface area contributed by atoms with Crippen LogP contribution in [0.15, 0.2) is 35.1 Å². The van der Waals surface area contributed by atoms with E-state index in [1.165, 1.54) is 17.8 Å². The Kier molecular flexibility index (Phi) is 3.66. The highest BCUT2D eigenvalue weighted by Crippen LogP contribution is 2.13. The van der Waals surface area contributed by atoms with Crippen molar-refractivity contribution < 1.29 is 4.79 Å². The SMILES string of the molecule is CNC(=O)c1nn(-c2ccc(Cl)cc2)c(C)cc1=O. The second-order valence-electron chi connectivity index (χ2n) is 3.97. The molecule has 5 nitrogen and oxygen atoms in total. The van der Waals surface area contributed by atoms with Crippen molar-refractivity contribution in [2.24, 2.45) is 0 Å². The number of carbonyl (C=O) groups is 1. The molecule has 0 fully saturated rings. The van der Waals surface area contributed by atoms with Gasteiger partial charge in [-0.05, 0) is 31.2 Å². The molecule has 0 bridgehead atoms. The molecular formula is C13H12ClN3O2. The predicted molar refractivity (Wildman–Crippen MR) is 73.0 cm³/mol. The van der Waals surface area contributed by atoms with Gasteiger partial charge in [0.15, 0.2) is 5.69 Å². The van der Waals surface area contributed by atoms with Gasteiger partial charge in [0.1, 0.15) is 0 Å². The monoisotopic (exact) mass is 277 g/mol. The number of aryl methyl sites for hydroxylation is 1. The molecule has 0 radical (unpaired) electrons. The van der Waals surface area contributed by atoms with Crippen LogP contribution in [0.3, 0.4) is 0 Å². The van der Waals surface area contributed by atoms with E-state index >= 15 is 0 Å². The fourth-order valence-corrected chi connectivity index (χ4v) is 1.79. The Morgan fingerprint density at radius 3 is 2.53 bits per heavy atom. The van der Waals surface area contributed by atoms with Crippen LogP contribution in [0.1, 0.15) is 16.2 Å². The molecule has 1 aromatic heterocycles. The van der Waals surface area contributed by atoms with Crippen LogP contribution in [0, 0.1) is 6.92 Å². The Morgan fingerprint density at radius 2 is 1.95 bits per heavy atom. The van der Waals surface area contributed by atoms with Gasteiger partial charge in [-0.3, -0.25) is 9.59 Å². The number of halogens is 1. The van der Waals surface area contributed by atoms with E-state index in [0.29, 0.717) is 10.7 Å². The van der Waals surface area contributed by atoms with E-state index in [2.05, 4.69) is 10.4 Å². The Morgan fingerprint density at radius 1 is 1.32 bits per heavy atom. The van der Waals surface area contributed by atoms with Gasteiger partial charge in [-0.25, -0.2) is 4.68 Å². The zero-order chi connectivity index (χ0) is 14.0. The van der Waals surface area contributed by atoms with Crippen molar-refractivity contribution in [3.05, 3.63) is 57.0 Å². The van der Waals surface area contributed by atoms with Crippen LogP contribution < -0.4 is 10.7 Å². The molecule has 19 heavy (non-hydrogen) atoms. The van der Waals surface area contributed by atoms with Gasteiger partial charge in [-0.15, -0.1) is 0 Å². The maximum Gasteiger partial charge on any atom is 0.275 e. The molecule has 1 amide bonds. The molecule has 1 aromatic carbocycles. The van der Waals surface area contributed by atoms with Crippen LogP contribution in [0.25, 0.3) is 5.69 Å². The smallest absolute Gasteiger partial charge is 0.275 e. The highest BCUT2D eigenvalue weighted by atomic mass is 35.5. The number of benzene rings is 1. The summed E-state index contributed by atoms with van der Waals surface area (Å²) in [6.07, 6.45) is 0. The minimum atomic E-state index is -0.507. The van der Waals surface area contributed by atoms with Crippen LogP contribution in [-0.4, -0.2) is 22.7 Å². The normalized spacial score (nSPS) is 10.3. The minimum absolute atomic E-state index is 0.136. The van der Waals surface area contributed by atoms with Crippen molar-refractivity contribution in [1.82, 2.24) is 15.1 Å². The first kappa shape index (κ1) is 13.3. The summed E-state index contributed by atoms with van der Waals surface area (Å²) in [6.45, 7) is 1.75. The van der Waals surface area contributed by atoms with E-state index in [1.807, 2.05) is 0 Å². The second kappa shape index (κ2) is 5.24. The summed E-state index contributed by atoms with van der Waals surface area (Å²) in [5, 5.41) is 7.09. The number of aromatic nitrogens is 2. The Labute approximate surface area is 114 Å². The molecule has 2 rings (SSSR count). The molecule has 1 heterocycles. The van der Waals surface area contributed by atoms with E-state index in [4.69, 9.17) is 11.6 Å². The van der Waals surface area contributed by atoms with Crippen molar-refractivity contribution in [3.8, 4) is 5.69 Å². The van der Waals surface area contributed by atoms with Gasteiger partial charge in [0.25, 0.3) is 5.91 Å². The third kappa shape index (κ3) is 2.66. The molecule has 98 valence electrons. The van der Waals surface area contributed by atoms with Gasteiger partial charge in [0, 0.05) is 23.8 Å². The standard InChI is InChI=1S/C13H12ClN3O2/c1-8-7-11(18)12(13(19)15-2)16-17(8)10-5-3-9(14)4-6-10/h3-7H,1-2H3,(H,15,19). The zero-order valence-electron chi connectivity index (χ0n) is 10.5. The molecule has 0 aliphatic rings. The van der Waals surface area contributed by atoms with Crippen LogP contribution in [-0.2, 0) is 0 Å². The van der Waals surface area contributed by atoms with Gasteiger partial charge in [0.2, 0.25) is 5.43 Å². The Bertz CT molecular complexity index is 677. The van der Waals surface area contributed by atoms with Gasteiger partial charge in [-0.2, -0.15) is 5.10 Å². The number of rotatable bonds is 2.